The van der Waals surface area contributed by atoms with Gasteiger partial charge < -0.3 is 10.1 Å². The number of nitrogens with zero attached hydrogens (tertiary/aromatic N) is 1. The van der Waals surface area contributed by atoms with Crippen LogP contribution in [0.4, 0.5) is 4.39 Å². The molecule has 0 amide bonds. The van der Waals surface area contributed by atoms with Crippen molar-refractivity contribution in [3.8, 4) is 0 Å². The average molecular weight is 250 g/mol. The third-order valence-corrected chi connectivity index (χ3v) is 4.28. The largest absolute Gasteiger partial charge is 0.379 e. The molecule has 2 aliphatic heterocycles. The molecule has 1 unspecified atom stereocenters. The first-order chi connectivity index (χ1) is 8.74. The van der Waals surface area contributed by atoms with Gasteiger partial charge in [-0.2, -0.15) is 0 Å². The van der Waals surface area contributed by atoms with Gasteiger partial charge in [-0.3, -0.25) is 4.90 Å². The molecule has 1 aromatic carbocycles. The number of hydrogen-bond acceptors (Lipinski definition) is 3. The Labute approximate surface area is 107 Å². The molecule has 1 N–H and O–H groups in total. The maximum atomic E-state index is 14.1. The summed E-state index contributed by atoms with van der Waals surface area (Å²) in [6.07, 6.45) is 0. The zero-order valence-corrected chi connectivity index (χ0v) is 10.7. The van der Waals surface area contributed by atoms with E-state index < -0.39 is 0 Å². The molecular formula is C14H19FN2O. The Balaban J connectivity index is 1.97. The van der Waals surface area contributed by atoms with E-state index in [1.165, 1.54) is 0 Å². The minimum atomic E-state index is -0.187. The third-order valence-electron chi connectivity index (χ3n) is 4.28. The maximum absolute atomic E-state index is 14.1. The van der Waals surface area contributed by atoms with Gasteiger partial charge in [0.2, 0.25) is 0 Å². The lowest BCUT2D eigenvalue weighted by Gasteiger charge is -2.52. The molecule has 0 bridgehead atoms. The molecule has 1 aromatic rings. The highest BCUT2D eigenvalue weighted by Crippen LogP contribution is 2.39. The van der Waals surface area contributed by atoms with Crippen LogP contribution in [-0.4, -0.2) is 50.8 Å². The summed E-state index contributed by atoms with van der Waals surface area (Å²) in [5.74, 6) is -0.111. The van der Waals surface area contributed by atoms with Crippen LogP contribution in [0, 0.1) is 5.82 Å². The quantitative estimate of drug-likeness (QED) is 0.847. The molecule has 0 aromatic heterocycles. The van der Waals surface area contributed by atoms with Crippen LogP contribution in [0.1, 0.15) is 5.56 Å². The van der Waals surface area contributed by atoms with E-state index in [-0.39, 0.29) is 11.2 Å². The van der Waals surface area contributed by atoms with Gasteiger partial charge in [0.15, 0.2) is 0 Å². The van der Waals surface area contributed by atoms with Crippen molar-refractivity contribution < 1.29 is 9.13 Å². The first-order valence-corrected chi connectivity index (χ1v) is 6.48. The summed E-state index contributed by atoms with van der Waals surface area (Å²) >= 11 is 0. The van der Waals surface area contributed by atoms with Gasteiger partial charge in [-0.1, -0.05) is 18.2 Å². The molecule has 3 rings (SSSR count). The Hall–Kier alpha value is -0.970. The van der Waals surface area contributed by atoms with Gasteiger partial charge in [0.1, 0.15) is 5.82 Å². The molecule has 1 atom stereocenters. The summed E-state index contributed by atoms with van der Waals surface area (Å²) < 4.78 is 19.5. The fourth-order valence-electron chi connectivity index (χ4n) is 3.14. The highest BCUT2D eigenvalue weighted by Gasteiger charge is 2.50. The van der Waals surface area contributed by atoms with Crippen LogP contribution in [0.3, 0.4) is 0 Å². The topological polar surface area (TPSA) is 24.5 Å². The van der Waals surface area contributed by atoms with Crippen molar-refractivity contribution in [3.05, 3.63) is 35.6 Å². The Morgan fingerprint density at radius 3 is 2.78 bits per heavy atom. The third kappa shape index (κ3) is 1.76. The summed E-state index contributed by atoms with van der Waals surface area (Å²) in [6.45, 7) is 4.13. The number of ether oxygens (including phenoxy) is 1. The minimum Gasteiger partial charge on any atom is -0.379 e. The average Bonchev–Trinajstić information content (AvgIpc) is 2.32. The van der Waals surface area contributed by atoms with E-state index in [0.717, 1.165) is 25.2 Å². The first-order valence-electron chi connectivity index (χ1n) is 6.48. The molecule has 0 saturated carbocycles. The van der Waals surface area contributed by atoms with E-state index in [1.54, 1.807) is 12.1 Å². The van der Waals surface area contributed by atoms with Crippen molar-refractivity contribution in [1.82, 2.24) is 10.2 Å². The van der Waals surface area contributed by atoms with Crippen LogP contribution in [0.5, 0.6) is 0 Å². The van der Waals surface area contributed by atoms with Crippen LogP contribution in [-0.2, 0) is 10.2 Å². The molecular weight excluding hydrogens is 231 g/mol. The predicted octanol–water partition coefficient (Wildman–Crippen LogP) is 0.997. The molecule has 0 aliphatic carbocycles. The van der Waals surface area contributed by atoms with Crippen molar-refractivity contribution in [3.63, 3.8) is 0 Å². The number of halogens is 1. The van der Waals surface area contributed by atoms with Gasteiger partial charge in [-0.25, -0.2) is 4.39 Å². The van der Waals surface area contributed by atoms with Gasteiger partial charge in [0.05, 0.1) is 18.6 Å². The second kappa shape index (κ2) is 4.61. The molecule has 0 radical (unpaired) electrons. The normalized spacial score (nSPS) is 27.8. The highest BCUT2D eigenvalue weighted by atomic mass is 19.1. The van der Waals surface area contributed by atoms with Crippen molar-refractivity contribution in [2.45, 2.75) is 11.5 Å². The fourth-order valence-corrected chi connectivity index (χ4v) is 3.14. The number of hydrogen-bond donors (Lipinski definition) is 1. The molecule has 2 heterocycles. The van der Waals surface area contributed by atoms with E-state index in [0.29, 0.717) is 19.3 Å². The number of nitrogens with one attached hydrogen (secondary N) is 1. The number of rotatable bonds is 2. The van der Waals surface area contributed by atoms with Crippen molar-refractivity contribution in [2.24, 2.45) is 0 Å². The zero-order chi connectivity index (χ0) is 12.6. The molecule has 2 fully saturated rings. The second-order valence-corrected chi connectivity index (χ2v) is 5.33. The summed E-state index contributed by atoms with van der Waals surface area (Å²) in [5, 5.41) is 3.41. The SMILES string of the molecule is CN1CCNCC1C1(c2ccccc2F)COC1. The molecule has 2 aliphatic rings. The number of benzene rings is 1. The first kappa shape index (κ1) is 12.1. The van der Waals surface area contributed by atoms with Crippen LogP contribution < -0.4 is 5.32 Å². The van der Waals surface area contributed by atoms with E-state index in [9.17, 15) is 4.39 Å². The number of likely N-dealkylation sites (N-methyl/N-ethyl adjacent to an activating group) is 1. The van der Waals surface area contributed by atoms with Crippen molar-refractivity contribution in [1.29, 1.82) is 0 Å². The summed E-state index contributed by atoms with van der Waals surface area (Å²) in [6, 6.07) is 7.41. The zero-order valence-electron chi connectivity index (χ0n) is 10.7. The summed E-state index contributed by atoms with van der Waals surface area (Å²) in [5.41, 5.74) is 0.616. The van der Waals surface area contributed by atoms with E-state index in [1.807, 2.05) is 12.1 Å². The van der Waals surface area contributed by atoms with E-state index in [2.05, 4.69) is 17.3 Å². The van der Waals surface area contributed by atoms with Crippen LogP contribution >= 0.6 is 0 Å². The van der Waals surface area contributed by atoms with Gasteiger partial charge in [0, 0.05) is 31.2 Å². The van der Waals surface area contributed by atoms with Crippen LogP contribution in [0.15, 0.2) is 24.3 Å². The Bertz CT molecular complexity index is 434. The monoisotopic (exact) mass is 250 g/mol. The molecule has 4 heteroatoms. The fraction of sp³-hybridized carbons (Fsp3) is 0.571. The summed E-state index contributed by atoms with van der Waals surface area (Å²) in [4.78, 5) is 2.32. The van der Waals surface area contributed by atoms with Crippen molar-refractivity contribution in [2.75, 3.05) is 39.9 Å². The minimum absolute atomic E-state index is 0.111. The maximum Gasteiger partial charge on any atom is 0.127 e. The molecule has 0 spiro atoms. The van der Waals surface area contributed by atoms with Crippen LogP contribution in [0.2, 0.25) is 0 Å². The Morgan fingerprint density at radius 1 is 1.39 bits per heavy atom. The van der Waals surface area contributed by atoms with E-state index >= 15 is 0 Å². The van der Waals surface area contributed by atoms with Gasteiger partial charge in [-0.05, 0) is 13.1 Å². The van der Waals surface area contributed by atoms with Crippen molar-refractivity contribution >= 4 is 0 Å². The van der Waals surface area contributed by atoms with E-state index in [4.69, 9.17) is 4.74 Å². The highest BCUT2D eigenvalue weighted by molar-refractivity contribution is 5.32. The standard InChI is InChI=1S/C14H19FN2O/c1-17-7-6-16-8-13(17)14(9-18-10-14)11-4-2-3-5-12(11)15/h2-5,13,16H,6-10H2,1H3. The molecule has 18 heavy (non-hydrogen) atoms. The Kier molecular flexibility index (Phi) is 3.09. The second-order valence-electron chi connectivity index (χ2n) is 5.33. The molecule has 2 saturated heterocycles. The van der Waals surface area contributed by atoms with Crippen LogP contribution in [0.25, 0.3) is 0 Å². The summed E-state index contributed by atoms with van der Waals surface area (Å²) in [7, 11) is 2.12. The predicted molar refractivity (Wildman–Crippen MR) is 68.2 cm³/mol. The lowest BCUT2D eigenvalue weighted by Crippen LogP contribution is -2.66. The molecule has 3 nitrogen and oxygen atoms in total. The number of piperazine rings is 1. The van der Waals surface area contributed by atoms with Gasteiger partial charge in [0.25, 0.3) is 0 Å². The molecule has 98 valence electrons. The lowest BCUT2D eigenvalue weighted by atomic mass is 9.71. The lowest BCUT2D eigenvalue weighted by molar-refractivity contribution is -0.104. The van der Waals surface area contributed by atoms with Gasteiger partial charge in [-0.15, -0.1) is 0 Å². The smallest absolute Gasteiger partial charge is 0.127 e. The Morgan fingerprint density at radius 2 is 2.17 bits per heavy atom. The van der Waals surface area contributed by atoms with Gasteiger partial charge >= 0.3 is 0 Å².